The van der Waals surface area contributed by atoms with Crippen LogP contribution in [0.4, 0.5) is 0 Å². The van der Waals surface area contributed by atoms with Gasteiger partial charge in [-0.25, -0.2) is 9.48 Å². The van der Waals surface area contributed by atoms with Crippen molar-refractivity contribution in [2.24, 2.45) is 0 Å². The third-order valence-corrected chi connectivity index (χ3v) is 3.01. The molecular weight excluding hydrogens is 258 g/mol. The van der Waals surface area contributed by atoms with Crippen LogP contribution in [0.1, 0.15) is 10.9 Å². The number of hydrogen-bond acceptors (Lipinski definition) is 6. The molecule has 9 heteroatoms. The minimum atomic E-state index is -1.11. The van der Waals surface area contributed by atoms with Crippen LogP contribution in [0.15, 0.2) is 23.8 Å². The Kier molecular flexibility index (Phi) is 3.63. The number of rotatable bonds is 5. The van der Waals surface area contributed by atoms with E-state index in [1.807, 2.05) is 0 Å². The number of carbonyl (C=O) groups excluding carboxylic acids is 1. The number of tetrazole rings is 1. The largest absolute Gasteiger partial charge is 0.479 e. The molecule has 0 aliphatic rings. The lowest BCUT2D eigenvalue weighted by Gasteiger charge is -2.12. The summed E-state index contributed by atoms with van der Waals surface area (Å²) in [6.07, 6.45) is 1.28. The van der Waals surface area contributed by atoms with Gasteiger partial charge in [0.15, 0.2) is 6.04 Å². The first-order valence-electron chi connectivity index (χ1n) is 4.93. The Bertz CT molecular complexity index is 524. The van der Waals surface area contributed by atoms with Gasteiger partial charge in [0.1, 0.15) is 12.9 Å². The number of amides is 1. The van der Waals surface area contributed by atoms with Gasteiger partial charge in [0.05, 0.1) is 0 Å². The molecule has 2 aromatic rings. The van der Waals surface area contributed by atoms with Crippen LogP contribution in [0, 0.1) is 0 Å². The number of hydrogen-bond donors (Lipinski definition) is 2. The average Bonchev–Trinajstić information content (AvgIpc) is 2.97. The molecule has 1 unspecified atom stereocenters. The van der Waals surface area contributed by atoms with Crippen molar-refractivity contribution in [2.75, 3.05) is 0 Å². The van der Waals surface area contributed by atoms with Crippen molar-refractivity contribution in [3.05, 3.63) is 28.7 Å². The summed E-state index contributed by atoms with van der Waals surface area (Å²) in [6.45, 7) is -0.123. The number of nitrogens with zero attached hydrogens (tertiary/aromatic N) is 4. The van der Waals surface area contributed by atoms with E-state index in [1.54, 1.807) is 17.5 Å². The molecule has 0 bridgehead atoms. The van der Waals surface area contributed by atoms with Crippen molar-refractivity contribution < 1.29 is 14.7 Å². The molecule has 0 saturated heterocycles. The molecule has 0 spiro atoms. The molecule has 2 heterocycles. The third kappa shape index (κ3) is 2.88. The van der Waals surface area contributed by atoms with Crippen LogP contribution in [0.3, 0.4) is 0 Å². The summed E-state index contributed by atoms with van der Waals surface area (Å²) < 4.78 is 1.21. The molecule has 18 heavy (non-hydrogen) atoms. The number of aliphatic carboxylic acids is 1. The fraction of sp³-hybridized carbons (Fsp3) is 0.222. The molecule has 1 amide bonds. The van der Waals surface area contributed by atoms with Crippen LogP contribution in [-0.4, -0.2) is 37.2 Å². The molecular formula is C9H9N5O3S. The summed E-state index contributed by atoms with van der Waals surface area (Å²) >= 11 is 1.27. The summed E-state index contributed by atoms with van der Waals surface area (Å²) in [6, 6.07) is 2.33. The van der Waals surface area contributed by atoms with E-state index >= 15 is 0 Å². The van der Waals surface area contributed by atoms with E-state index in [0.717, 1.165) is 0 Å². The number of nitrogens with one attached hydrogen (secondary N) is 1. The van der Waals surface area contributed by atoms with Gasteiger partial charge < -0.3 is 10.4 Å². The van der Waals surface area contributed by atoms with E-state index in [4.69, 9.17) is 5.11 Å². The molecule has 2 N–H and O–H groups in total. The van der Waals surface area contributed by atoms with Gasteiger partial charge in [0.25, 0.3) is 0 Å². The molecule has 0 aliphatic heterocycles. The topological polar surface area (TPSA) is 110 Å². The Morgan fingerprint density at radius 1 is 1.56 bits per heavy atom. The van der Waals surface area contributed by atoms with Gasteiger partial charge >= 0.3 is 5.97 Å². The van der Waals surface area contributed by atoms with Crippen molar-refractivity contribution in [1.29, 1.82) is 0 Å². The highest BCUT2D eigenvalue weighted by molar-refractivity contribution is 7.10. The molecule has 2 rings (SSSR count). The molecule has 94 valence electrons. The van der Waals surface area contributed by atoms with Crippen LogP contribution in [0.2, 0.25) is 0 Å². The molecule has 0 fully saturated rings. The second-order valence-corrected chi connectivity index (χ2v) is 4.34. The fourth-order valence-electron chi connectivity index (χ4n) is 1.32. The third-order valence-electron chi connectivity index (χ3n) is 2.08. The van der Waals surface area contributed by atoms with Crippen molar-refractivity contribution in [1.82, 2.24) is 25.5 Å². The van der Waals surface area contributed by atoms with Crippen molar-refractivity contribution in [2.45, 2.75) is 12.6 Å². The number of carboxylic acids is 1. The molecule has 0 aromatic carbocycles. The first-order chi connectivity index (χ1) is 8.66. The summed E-state index contributed by atoms with van der Waals surface area (Å²) in [5, 5.41) is 23.5. The molecule has 2 aromatic heterocycles. The summed E-state index contributed by atoms with van der Waals surface area (Å²) in [7, 11) is 0. The Morgan fingerprint density at radius 2 is 2.39 bits per heavy atom. The maximum atomic E-state index is 11.6. The van der Waals surface area contributed by atoms with Gasteiger partial charge in [-0.15, -0.1) is 16.4 Å². The SMILES string of the molecule is O=C(Cn1cnnn1)NC(C(=O)O)c1cccs1. The first kappa shape index (κ1) is 12.2. The van der Waals surface area contributed by atoms with Gasteiger partial charge in [-0.05, 0) is 21.9 Å². The van der Waals surface area contributed by atoms with Crippen molar-refractivity contribution in [3.63, 3.8) is 0 Å². The number of carbonyl (C=O) groups is 2. The van der Waals surface area contributed by atoms with Gasteiger partial charge in [-0.2, -0.15) is 0 Å². The van der Waals surface area contributed by atoms with E-state index in [0.29, 0.717) is 4.88 Å². The molecule has 0 saturated carbocycles. The lowest BCUT2D eigenvalue weighted by Crippen LogP contribution is -2.35. The lowest BCUT2D eigenvalue weighted by atomic mass is 10.2. The monoisotopic (exact) mass is 267 g/mol. The van der Waals surface area contributed by atoms with Gasteiger partial charge in [-0.1, -0.05) is 6.07 Å². The first-order valence-corrected chi connectivity index (χ1v) is 5.81. The van der Waals surface area contributed by atoms with E-state index in [9.17, 15) is 9.59 Å². The predicted octanol–water partition coefficient (Wildman–Crippen LogP) is -0.323. The van der Waals surface area contributed by atoms with E-state index in [-0.39, 0.29) is 6.54 Å². The Morgan fingerprint density at radius 3 is 2.94 bits per heavy atom. The Labute approximate surface area is 105 Å². The van der Waals surface area contributed by atoms with Crippen molar-refractivity contribution in [3.8, 4) is 0 Å². The van der Waals surface area contributed by atoms with Crippen molar-refractivity contribution >= 4 is 23.2 Å². The predicted molar refractivity (Wildman–Crippen MR) is 60.7 cm³/mol. The smallest absolute Gasteiger partial charge is 0.331 e. The summed E-state index contributed by atoms with van der Waals surface area (Å²) in [4.78, 5) is 23.3. The molecule has 0 radical (unpaired) electrons. The van der Waals surface area contributed by atoms with Crippen LogP contribution < -0.4 is 5.32 Å². The van der Waals surface area contributed by atoms with Gasteiger partial charge in [0.2, 0.25) is 5.91 Å². The highest BCUT2D eigenvalue weighted by atomic mass is 32.1. The fourth-order valence-corrected chi connectivity index (χ4v) is 2.08. The zero-order chi connectivity index (χ0) is 13.0. The van der Waals surface area contributed by atoms with E-state index in [1.165, 1.54) is 22.3 Å². The molecule has 8 nitrogen and oxygen atoms in total. The van der Waals surface area contributed by atoms with Gasteiger partial charge in [0, 0.05) is 4.88 Å². The lowest BCUT2D eigenvalue weighted by molar-refractivity contribution is -0.142. The molecule has 0 aliphatic carbocycles. The second-order valence-electron chi connectivity index (χ2n) is 3.36. The minimum absolute atomic E-state index is 0.123. The van der Waals surface area contributed by atoms with Crippen LogP contribution in [-0.2, 0) is 16.1 Å². The van der Waals surface area contributed by atoms with Crippen LogP contribution >= 0.6 is 11.3 Å². The normalized spacial score (nSPS) is 12.0. The van der Waals surface area contributed by atoms with E-state index < -0.39 is 17.9 Å². The summed E-state index contributed by atoms with van der Waals surface area (Å²) in [5.41, 5.74) is 0. The van der Waals surface area contributed by atoms with Gasteiger partial charge in [-0.3, -0.25) is 4.79 Å². The Balaban J connectivity index is 2.01. The maximum absolute atomic E-state index is 11.6. The summed E-state index contributed by atoms with van der Waals surface area (Å²) in [5.74, 6) is -1.58. The quantitative estimate of drug-likeness (QED) is 0.768. The zero-order valence-electron chi connectivity index (χ0n) is 9.05. The highest BCUT2D eigenvalue weighted by Gasteiger charge is 2.23. The van der Waals surface area contributed by atoms with Crippen LogP contribution in [0.5, 0.6) is 0 Å². The minimum Gasteiger partial charge on any atom is -0.479 e. The second kappa shape index (κ2) is 5.36. The van der Waals surface area contributed by atoms with E-state index in [2.05, 4.69) is 20.8 Å². The number of aromatic nitrogens is 4. The average molecular weight is 267 g/mol. The zero-order valence-corrected chi connectivity index (χ0v) is 9.87. The molecule has 1 atom stereocenters. The number of thiophene rings is 1. The maximum Gasteiger partial charge on any atom is 0.331 e. The standard InChI is InChI=1S/C9H9N5O3S/c15-7(4-14-5-10-12-13-14)11-8(9(16)17)6-2-1-3-18-6/h1-3,5,8H,4H2,(H,11,15)(H,16,17). The van der Waals surface area contributed by atoms with Crippen LogP contribution in [0.25, 0.3) is 0 Å². The Hall–Kier alpha value is -2.29. The highest BCUT2D eigenvalue weighted by Crippen LogP contribution is 2.18. The number of carboxylic acid groups (broad SMARTS) is 1.